The molecule has 1 aromatic carbocycles. The van der Waals surface area contributed by atoms with Gasteiger partial charge < -0.3 is 9.94 Å². The predicted octanol–water partition coefficient (Wildman–Crippen LogP) is 0.750. The number of amides is 1. The van der Waals surface area contributed by atoms with Gasteiger partial charge in [0.25, 0.3) is 0 Å². The maximum absolute atomic E-state index is 11.6. The van der Waals surface area contributed by atoms with Crippen molar-refractivity contribution >= 4 is 17.7 Å². The Bertz CT molecular complexity index is 544. The van der Waals surface area contributed by atoms with Crippen molar-refractivity contribution in [2.75, 3.05) is 5.01 Å². The highest BCUT2D eigenvalue weighted by atomic mass is 16.6. The molecule has 6 nitrogen and oxygen atoms in total. The molecule has 0 aromatic heterocycles. The second-order valence-corrected chi connectivity index (χ2v) is 4.78. The van der Waals surface area contributed by atoms with E-state index in [0.29, 0.717) is 17.9 Å². The molecule has 0 radical (unpaired) electrons. The van der Waals surface area contributed by atoms with Crippen LogP contribution in [0.3, 0.4) is 0 Å². The summed E-state index contributed by atoms with van der Waals surface area (Å²) < 4.78 is 0. The van der Waals surface area contributed by atoms with E-state index in [1.165, 1.54) is 5.01 Å². The zero-order valence-electron chi connectivity index (χ0n) is 10.5. The number of rotatable bonds is 1. The van der Waals surface area contributed by atoms with Gasteiger partial charge >= 0.3 is 0 Å². The van der Waals surface area contributed by atoms with Crippen molar-refractivity contribution in [2.24, 2.45) is 5.92 Å². The monoisotopic (exact) mass is 261 g/mol. The van der Waals surface area contributed by atoms with Gasteiger partial charge in [0.15, 0.2) is 5.75 Å². The summed E-state index contributed by atoms with van der Waals surface area (Å²) in [5.41, 5.74) is 6.94. The van der Waals surface area contributed by atoms with E-state index in [1.54, 1.807) is 12.3 Å². The van der Waals surface area contributed by atoms with Gasteiger partial charge in [0.1, 0.15) is 6.23 Å². The fraction of sp³-hybridized carbons (Fsp3) is 0.308. The highest BCUT2D eigenvalue weighted by Gasteiger charge is 2.31. The molecule has 100 valence electrons. The Balaban J connectivity index is 1.93. The molecule has 2 aliphatic heterocycles. The zero-order chi connectivity index (χ0) is 13.4. The lowest BCUT2D eigenvalue weighted by Gasteiger charge is -2.37. The van der Waals surface area contributed by atoms with Crippen molar-refractivity contribution in [3.05, 3.63) is 30.0 Å². The summed E-state index contributed by atoms with van der Waals surface area (Å²) in [6, 6.07) is 5.48. The fourth-order valence-corrected chi connectivity index (χ4v) is 2.24. The number of fused-ring (bicyclic) bond motifs is 1. The molecule has 19 heavy (non-hydrogen) atoms. The van der Waals surface area contributed by atoms with Crippen LogP contribution in [-0.2, 0) is 4.79 Å². The molecule has 0 aliphatic carbocycles. The zero-order valence-corrected chi connectivity index (χ0v) is 10.5. The summed E-state index contributed by atoms with van der Waals surface area (Å²) in [5.74, 6) is 0.429. The number of benzene rings is 1. The van der Waals surface area contributed by atoms with Crippen LogP contribution in [0.4, 0.5) is 5.69 Å². The third kappa shape index (κ3) is 2.10. The number of aliphatic hydroxyl groups is 1. The summed E-state index contributed by atoms with van der Waals surface area (Å²) in [6.45, 7) is 1.84. The van der Waals surface area contributed by atoms with Crippen molar-refractivity contribution in [3.63, 3.8) is 0 Å². The van der Waals surface area contributed by atoms with E-state index in [-0.39, 0.29) is 11.8 Å². The minimum atomic E-state index is -0.747. The Kier molecular flexibility index (Phi) is 2.79. The lowest BCUT2D eigenvalue weighted by atomic mass is 10.0. The van der Waals surface area contributed by atoms with E-state index in [0.717, 1.165) is 5.56 Å². The second kappa shape index (κ2) is 4.47. The summed E-state index contributed by atoms with van der Waals surface area (Å²) in [5, 5.41) is 11.6. The van der Waals surface area contributed by atoms with Crippen LogP contribution in [0.25, 0.3) is 6.08 Å². The fourth-order valence-electron chi connectivity index (χ4n) is 2.24. The molecule has 2 atom stereocenters. The average molecular weight is 261 g/mol. The van der Waals surface area contributed by atoms with Crippen molar-refractivity contribution in [1.29, 1.82) is 0 Å². The number of hydrogen-bond acceptors (Lipinski definition) is 5. The predicted molar refractivity (Wildman–Crippen MR) is 69.6 cm³/mol. The highest BCUT2D eigenvalue weighted by Crippen LogP contribution is 2.30. The normalized spacial score (nSPS) is 25.2. The van der Waals surface area contributed by atoms with Crippen LogP contribution in [0.5, 0.6) is 5.75 Å². The van der Waals surface area contributed by atoms with Gasteiger partial charge in [-0.25, -0.2) is 5.48 Å². The topological polar surface area (TPSA) is 73.8 Å². The number of hydrogen-bond donors (Lipinski definition) is 3. The summed E-state index contributed by atoms with van der Waals surface area (Å²) in [6.07, 6.45) is 3.16. The Hall–Kier alpha value is -2.21. The maximum atomic E-state index is 11.6. The molecule has 1 fully saturated rings. The van der Waals surface area contributed by atoms with E-state index in [2.05, 4.69) is 10.9 Å². The smallest absolute Gasteiger partial charge is 0.239 e. The first kappa shape index (κ1) is 11.9. The number of hydrazine groups is 1. The van der Waals surface area contributed by atoms with Crippen molar-refractivity contribution in [2.45, 2.75) is 19.6 Å². The molecule has 2 heterocycles. The van der Waals surface area contributed by atoms with Crippen LogP contribution < -0.4 is 20.8 Å². The van der Waals surface area contributed by atoms with Gasteiger partial charge in [-0.2, -0.15) is 0 Å². The number of aliphatic hydroxyl groups excluding tert-OH is 1. The van der Waals surface area contributed by atoms with E-state index in [4.69, 9.17) is 4.84 Å². The molecule has 2 aliphatic rings. The summed E-state index contributed by atoms with van der Waals surface area (Å²) >= 11 is 0. The first-order valence-electron chi connectivity index (χ1n) is 6.15. The summed E-state index contributed by atoms with van der Waals surface area (Å²) in [4.78, 5) is 16.9. The number of carbonyl (C=O) groups is 1. The van der Waals surface area contributed by atoms with Crippen LogP contribution in [0, 0.1) is 5.92 Å². The molecule has 1 saturated heterocycles. The van der Waals surface area contributed by atoms with Crippen LogP contribution in [-0.4, -0.2) is 17.2 Å². The highest BCUT2D eigenvalue weighted by molar-refractivity contribution is 5.80. The molecular weight excluding hydrogens is 246 g/mol. The summed E-state index contributed by atoms with van der Waals surface area (Å²) in [7, 11) is 0. The van der Waals surface area contributed by atoms with E-state index >= 15 is 0 Å². The van der Waals surface area contributed by atoms with E-state index < -0.39 is 6.23 Å². The first-order chi connectivity index (χ1) is 9.15. The van der Waals surface area contributed by atoms with Gasteiger partial charge in [-0.15, -0.1) is 0 Å². The molecular formula is C13H15N3O3. The minimum absolute atomic E-state index is 0.102. The van der Waals surface area contributed by atoms with Crippen molar-refractivity contribution < 1.29 is 14.7 Å². The van der Waals surface area contributed by atoms with Crippen molar-refractivity contribution in [3.8, 4) is 5.75 Å². The Morgan fingerprint density at radius 3 is 3.16 bits per heavy atom. The van der Waals surface area contributed by atoms with Gasteiger partial charge in [0.05, 0.1) is 5.69 Å². The third-order valence-electron chi connectivity index (χ3n) is 3.30. The number of hydroxylamine groups is 1. The number of nitrogens with zero attached hydrogens (tertiary/aromatic N) is 1. The molecule has 2 unspecified atom stereocenters. The molecule has 1 amide bonds. The Morgan fingerprint density at radius 1 is 1.47 bits per heavy atom. The number of nitrogens with one attached hydrogen (secondary N) is 2. The Labute approximate surface area is 110 Å². The van der Waals surface area contributed by atoms with Crippen LogP contribution >= 0.6 is 0 Å². The number of carbonyl (C=O) groups excluding carboxylic acids is 1. The largest absolute Gasteiger partial charge is 0.382 e. The van der Waals surface area contributed by atoms with Crippen LogP contribution in [0.2, 0.25) is 0 Å². The van der Waals surface area contributed by atoms with Crippen LogP contribution in [0.1, 0.15) is 18.9 Å². The minimum Gasteiger partial charge on any atom is -0.382 e. The lowest BCUT2D eigenvalue weighted by molar-refractivity contribution is -0.126. The molecule has 6 heteroatoms. The molecule has 0 bridgehead atoms. The second-order valence-electron chi connectivity index (χ2n) is 4.78. The molecule has 3 N–H and O–H groups in total. The molecule has 3 rings (SSSR count). The molecule has 0 saturated carbocycles. The molecule has 1 aromatic rings. The van der Waals surface area contributed by atoms with Crippen molar-refractivity contribution in [1.82, 2.24) is 10.9 Å². The average Bonchev–Trinajstić information content (AvgIpc) is 2.42. The standard InChI is InChI=1S/C13H15N3O3/c1-8-6-12(17)15-16(13(8)18)10-3-2-9-4-5-14-19-11(9)7-10/h2-5,7-8,13-14,18H,6H2,1H3,(H,15,17). The lowest BCUT2D eigenvalue weighted by Crippen LogP contribution is -2.56. The van der Waals surface area contributed by atoms with Gasteiger partial charge in [-0.3, -0.25) is 15.2 Å². The van der Waals surface area contributed by atoms with Gasteiger partial charge in [0.2, 0.25) is 5.91 Å². The molecule has 0 spiro atoms. The van der Waals surface area contributed by atoms with Crippen LogP contribution in [0.15, 0.2) is 24.4 Å². The third-order valence-corrected chi connectivity index (χ3v) is 3.30. The van der Waals surface area contributed by atoms with Gasteiger partial charge in [-0.1, -0.05) is 6.92 Å². The van der Waals surface area contributed by atoms with E-state index in [1.807, 2.05) is 25.1 Å². The van der Waals surface area contributed by atoms with Gasteiger partial charge in [-0.05, 0) is 18.2 Å². The number of anilines is 1. The van der Waals surface area contributed by atoms with Gasteiger partial charge in [0, 0.05) is 30.2 Å². The quantitative estimate of drug-likeness (QED) is 0.695. The maximum Gasteiger partial charge on any atom is 0.239 e. The first-order valence-corrected chi connectivity index (χ1v) is 6.15. The Morgan fingerprint density at radius 2 is 2.32 bits per heavy atom. The SMILES string of the molecule is CC1CC(=O)NN(c2ccc3c(c2)ONC=C3)C1O. The van der Waals surface area contributed by atoms with E-state index in [9.17, 15) is 9.90 Å².